The van der Waals surface area contributed by atoms with Gasteiger partial charge in [-0.2, -0.15) is 5.10 Å². The second kappa shape index (κ2) is 11.0. The molecule has 3 N–H and O–H groups in total. The standard InChI is InChI=1S/C11H23N3O/c1-2-3-4-5-6-7-8-9-10-13-14-11(12)15/h10H,2-9H2,1H3,(H3,12,14,15)/b13-10-. The van der Waals surface area contributed by atoms with Gasteiger partial charge < -0.3 is 5.73 Å². The van der Waals surface area contributed by atoms with Gasteiger partial charge in [0.05, 0.1) is 0 Å². The number of nitrogens with two attached hydrogens (primary N) is 1. The van der Waals surface area contributed by atoms with E-state index < -0.39 is 6.03 Å². The first kappa shape index (κ1) is 13.9. The summed E-state index contributed by atoms with van der Waals surface area (Å²) in [6, 6.07) is -0.606. The maximum absolute atomic E-state index is 10.2. The minimum atomic E-state index is -0.606. The molecule has 4 nitrogen and oxygen atoms in total. The van der Waals surface area contributed by atoms with Crippen LogP contribution in [0.2, 0.25) is 0 Å². The van der Waals surface area contributed by atoms with Gasteiger partial charge >= 0.3 is 6.03 Å². The summed E-state index contributed by atoms with van der Waals surface area (Å²) in [4.78, 5) is 10.2. The maximum atomic E-state index is 10.2. The molecule has 0 saturated heterocycles. The van der Waals surface area contributed by atoms with Crippen molar-refractivity contribution >= 4 is 12.2 Å². The average Bonchev–Trinajstić information content (AvgIpc) is 2.20. The van der Waals surface area contributed by atoms with Crippen LogP contribution in [0.4, 0.5) is 4.79 Å². The number of rotatable bonds is 9. The summed E-state index contributed by atoms with van der Waals surface area (Å²) in [5.41, 5.74) is 7.01. The fraction of sp³-hybridized carbons (Fsp3) is 0.818. The Balaban J connectivity index is 3.04. The molecule has 0 unspecified atom stereocenters. The molecule has 88 valence electrons. The van der Waals surface area contributed by atoms with Crippen molar-refractivity contribution in [1.29, 1.82) is 0 Å². The number of primary amides is 1. The zero-order chi connectivity index (χ0) is 11.4. The molecule has 0 aliphatic heterocycles. The van der Waals surface area contributed by atoms with Crippen molar-refractivity contribution in [2.45, 2.75) is 58.3 Å². The summed E-state index contributed by atoms with van der Waals surface area (Å²) in [7, 11) is 0. The second-order valence-corrected chi connectivity index (χ2v) is 3.70. The molecule has 2 amide bonds. The first-order valence-corrected chi connectivity index (χ1v) is 5.84. The van der Waals surface area contributed by atoms with Gasteiger partial charge in [0.15, 0.2) is 0 Å². The largest absolute Gasteiger partial charge is 0.350 e. The number of hydrogen-bond acceptors (Lipinski definition) is 2. The van der Waals surface area contributed by atoms with Gasteiger partial charge in [0, 0.05) is 6.21 Å². The van der Waals surface area contributed by atoms with Gasteiger partial charge in [-0.3, -0.25) is 0 Å². The minimum absolute atomic E-state index is 0.606. The molecule has 4 heteroatoms. The third-order valence-corrected chi connectivity index (χ3v) is 2.20. The molecule has 0 aromatic heterocycles. The van der Waals surface area contributed by atoms with Gasteiger partial charge in [-0.25, -0.2) is 10.2 Å². The number of urea groups is 1. The van der Waals surface area contributed by atoms with E-state index in [2.05, 4.69) is 17.5 Å². The Bertz CT molecular complexity index is 181. The Kier molecular flexibility index (Phi) is 10.2. The molecule has 0 spiro atoms. The first-order valence-electron chi connectivity index (χ1n) is 5.84. The van der Waals surface area contributed by atoms with Crippen LogP contribution in [0.25, 0.3) is 0 Å². The highest BCUT2D eigenvalue weighted by Gasteiger charge is 1.89. The lowest BCUT2D eigenvalue weighted by Crippen LogP contribution is -2.24. The number of hydrazone groups is 1. The predicted octanol–water partition coefficient (Wildman–Crippen LogP) is 2.78. The number of carbonyl (C=O) groups is 1. The Hall–Kier alpha value is -1.06. The summed E-state index contributed by atoms with van der Waals surface area (Å²) in [5, 5.41) is 3.67. The third kappa shape index (κ3) is 12.9. The smallest absolute Gasteiger partial charge is 0.332 e. The third-order valence-electron chi connectivity index (χ3n) is 2.20. The number of amides is 2. The average molecular weight is 213 g/mol. The van der Waals surface area contributed by atoms with Gasteiger partial charge in [0.2, 0.25) is 0 Å². The van der Waals surface area contributed by atoms with Crippen LogP contribution in [-0.2, 0) is 0 Å². The van der Waals surface area contributed by atoms with Crippen LogP contribution < -0.4 is 11.2 Å². The van der Waals surface area contributed by atoms with Crippen molar-refractivity contribution in [3.8, 4) is 0 Å². The molecule has 0 fully saturated rings. The lowest BCUT2D eigenvalue weighted by Gasteiger charge is -1.98. The summed E-state index contributed by atoms with van der Waals surface area (Å²) < 4.78 is 0. The molecule has 0 heterocycles. The van der Waals surface area contributed by atoms with E-state index in [0.717, 1.165) is 12.8 Å². The molecule has 0 aliphatic rings. The highest BCUT2D eigenvalue weighted by atomic mass is 16.2. The molecule has 0 aliphatic carbocycles. The quantitative estimate of drug-likeness (QED) is 0.345. The SMILES string of the molecule is CCCCCCCCC/C=N\NC(N)=O. The van der Waals surface area contributed by atoms with Crippen LogP contribution in [0, 0.1) is 0 Å². The normalized spacial score (nSPS) is 10.7. The van der Waals surface area contributed by atoms with Crippen LogP contribution >= 0.6 is 0 Å². The van der Waals surface area contributed by atoms with E-state index in [1.165, 1.54) is 38.5 Å². The van der Waals surface area contributed by atoms with Gasteiger partial charge in [-0.05, 0) is 12.8 Å². The molecular weight excluding hydrogens is 190 g/mol. The molecule has 0 atom stereocenters. The van der Waals surface area contributed by atoms with E-state index in [9.17, 15) is 4.79 Å². The number of unbranched alkanes of at least 4 members (excludes halogenated alkanes) is 7. The number of nitrogens with one attached hydrogen (secondary N) is 1. The second-order valence-electron chi connectivity index (χ2n) is 3.70. The van der Waals surface area contributed by atoms with Crippen LogP contribution in [0.3, 0.4) is 0 Å². The summed E-state index contributed by atoms with van der Waals surface area (Å²) >= 11 is 0. The van der Waals surface area contributed by atoms with Crippen molar-refractivity contribution < 1.29 is 4.79 Å². The molecule has 0 rings (SSSR count). The summed E-state index contributed by atoms with van der Waals surface area (Å²) in [6.07, 6.45) is 11.6. The Labute approximate surface area is 92.3 Å². The molecular formula is C11H23N3O. The van der Waals surface area contributed by atoms with Crippen LogP contribution in [0.5, 0.6) is 0 Å². The van der Waals surface area contributed by atoms with Crippen molar-refractivity contribution in [2.75, 3.05) is 0 Å². The van der Waals surface area contributed by atoms with Crippen molar-refractivity contribution in [3.05, 3.63) is 0 Å². The monoisotopic (exact) mass is 213 g/mol. The molecule has 0 aromatic carbocycles. The van der Waals surface area contributed by atoms with Gasteiger partial charge in [-0.15, -0.1) is 0 Å². The highest BCUT2D eigenvalue weighted by molar-refractivity contribution is 5.72. The number of nitrogens with zero attached hydrogens (tertiary/aromatic N) is 1. The van der Waals surface area contributed by atoms with E-state index in [1.54, 1.807) is 6.21 Å². The zero-order valence-corrected chi connectivity index (χ0v) is 9.67. The lowest BCUT2D eigenvalue weighted by molar-refractivity contribution is 0.249. The molecule has 0 radical (unpaired) electrons. The van der Waals surface area contributed by atoms with E-state index in [-0.39, 0.29) is 0 Å². The topological polar surface area (TPSA) is 67.5 Å². The number of carbonyl (C=O) groups excluding carboxylic acids is 1. The Morgan fingerprint density at radius 1 is 1.20 bits per heavy atom. The predicted molar refractivity (Wildman–Crippen MR) is 63.8 cm³/mol. The van der Waals surface area contributed by atoms with Crippen LogP contribution in [0.1, 0.15) is 58.3 Å². The maximum Gasteiger partial charge on any atom is 0.332 e. The van der Waals surface area contributed by atoms with Crippen molar-refractivity contribution in [2.24, 2.45) is 10.8 Å². The summed E-state index contributed by atoms with van der Waals surface area (Å²) in [5.74, 6) is 0. The van der Waals surface area contributed by atoms with E-state index >= 15 is 0 Å². The first-order chi connectivity index (χ1) is 7.27. The van der Waals surface area contributed by atoms with Crippen LogP contribution in [0.15, 0.2) is 5.10 Å². The van der Waals surface area contributed by atoms with Crippen LogP contribution in [-0.4, -0.2) is 12.2 Å². The van der Waals surface area contributed by atoms with E-state index in [0.29, 0.717) is 0 Å². The number of hydrogen-bond donors (Lipinski definition) is 2. The molecule has 0 bridgehead atoms. The Morgan fingerprint density at radius 3 is 2.40 bits per heavy atom. The minimum Gasteiger partial charge on any atom is -0.350 e. The van der Waals surface area contributed by atoms with E-state index in [4.69, 9.17) is 5.73 Å². The fourth-order valence-corrected chi connectivity index (χ4v) is 1.37. The lowest BCUT2D eigenvalue weighted by atomic mass is 10.1. The zero-order valence-electron chi connectivity index (χ0n) is 9.67. The molecule has 0 aromatic rings. The van der Waals surface area contributed by atoms with E-state index in [1.807, 2.05) is 0 Å². The Morgan fingerprint density at radius 2 is 1.80 bits per heavy atom. The van der Waals surface area contributed by atoms with Crippen molar-refractivity contribution in [1.82, 2.24) is 5.43 Å². The molecule has 15 heavy (non-hydrogen) atoms. The van der Waals surface area contributed by atoms with Gasteiger partial charge in [0.25, 0.3) is 0 Å². The van der Waals surface area contributed by atoms with Gasteiger partial charge in [0.1, 0.15) is 0 Å². The highest BCUT2D eigenvalue weighted by Crippen LogP contribution is 2.07. The van der Waals surface area contributed by atoms with Gasteiger partial charge in [-0.1, -0.05) is 45.4 Å². The van der Waals surface area contributed by atoms with Crippen molar-refractivity contribution in [3.63, 3.8) is 0 Å². The fourth-order valence-electron chi connectivity index (χ4n) is 1.37. The molecule has 0 saturated carbocycles. The summed E-state index contributed by atoms with van der Waals surface area (Å²) in [6.45, 7) is 2.22.